The van der Waals surface area contributed by atoms with E-state index < -0.39 is 6.04 Å². The molecule has 1 heterocycles. The first kappa shape index (κ1) is 23.0. The maximum atomic E-state index is 12.7. The molecular weight excluding hydrogens is 373 g/mol. The van der Waals surface area contributed by atoms with Gasteiger partial charge in [-0.3, -0.25) is 9.69 Å². The van der Waals surface area contributed by atoms with E-state index in [9.17, 15) is 9.90 Å². The van der Waals surface area contributed by atoms with E-state index in [0.29, 0.717) is 6.42 Å². The van der Waals surface area contributed by atoms with Gasteiger partial charge in [0.25, 0.3) is 0 Å². The van der Waals surface area contributed by atoms with Gasteiger partial charge in [0, 0.05) is 32.2 Å². The predicted molar refractivity (Wildman–Crippen MR) is 109 cm³/mol. The summed E-state index contributed by atoms with van der Waals surface area (Å²) in [7, 11) is 0. The molecule has 1 aliphatic carbocycles. The van der Waals surface area contributed by atoms with Crippen LogP contribution in [0.2, 0.25) is 0 Å². The Labute approximate surface area is 168 Å². The van der Waals surface area contributed by atoms with E-state index in [-0.39, 0.29) is 36.5 Å². The van der Waals surface area contributed by atoms with Gasteiger partial charge in [0.2, 0.25) is 5.91 Å². The molecule has 2 fully saturated rings. The molecular formula is C19H31Cl2N3O2. The van der Waals surface area contributed by atoms with Crippen molar-refractivity contribution < 1.29 is 9.90 Å². The highest BCUT2D eigenvalue weighted by Gasteiger charge is 2.27. The first-order chi connectivity index (χ1) is 11.6. The molecule has 3 N–H and O–H groups in total. The van der Waals surface area contributed by atoms with Gasteiger partial charge in [-0.05, 0) is 43.4 Å². The molecule has 3 rings (SSSR count). The monoisotopic (exact) mass is 403 g/mol. The largest absolute Gasteiger partial charge is 0.508 e. The van der Waals surface area contributed by atoms with Gasteiger partial charge < -0.3 is 15.7 Å². The number of hydrogen-bond donors (Lipinski definition) is 2. The lowest BCUT2D eigenvalue weighted by atomic mass is 10.1. The first-order valence-electron chi connectivity index (χ1n) is 9.20. The van der Waals surface area contributed by atoms with E-state index in [2.05, 4.69) is 4.90 Å². The van der Waals surface area contributed by atoms with E-state index in [1.807, 2.05) is 17.0 Å². The van der Waals surface area contributed by atoms with Gasteiger partial charge in [-0.15, -0.1) is 24.8 Å². The van der Waals surface area contributed by atoms with Gasteiger partial charge in [0.05, 0.1) is 6.04 Å². The van der Waals surface area contributed by atoms with Gasteiger partial charge in [0.15, 0.2) is 0 Å². The van der Waals surface area contributed by atoms with Crippen molar-refractivity contribution in [1.82, 2.24) is 9.80 Å². The third-order valence-electron chi connectivity index (χ3n) is 5.39. The molecule has 148 valence electrons. The Morgan fingerprint density at radius 1 is 1.04 bits per heavy atom. The highest BCUT2D eigenvalue weighted by atomic mass is 35.5. The number of amides is 1. The van der Waals surface area contributed by atoms with Crippen LogP contribution in [0, 0.1) is 0 Å². The fourth-order valence-corrected chi connectivity index (χ4v) is 4.00. The van der Waals surface area contributed by atoms with Crippen molar-refractivity contribution in [1.29, 1.82) is 0 Å². The van der Waals surface area contributed by atoms with Crippen LogP contribution in [-0.4, -0.2) is 59.1 Å². The topological polar surface area (TPSA) is 69.8 Å². The molecule has 1 saturated carbocycles. The fraction of sp³-hybridized carbons (Fsp3) is 0.632. The van der Waals surface area contributed by atoms with Gasteiger partial charge in [-0.25, -0.2) is 0 Å². The van der Waals surface area contributed by atoms with E-state index in [1.165, 1.54) is 25.7 Å². The molecule has 1 aliphatic heterocycles. The van der Waals surface area contributed by atoms with E-state index in [4.69, 9.17) is 5.73 Å². The van der Waals surface area contributed by atoms with Gasteiger partial charge in [0.1, 0.15) is 5.75 Å². The number of aromatic hydroxyl groups is 1. The molecule has 1 atom stereocenters. The summed E-state index contributed by atoms with van der Waals surface area (Å²) in [6, 6.07) is 7.15. The molecule has 7 heteroatoms. The number of hydrogen-bond acceptors (Lipinski definition) is 4. The van der Waals surface area contributed by atoms with Crippen molar-refractivity contribution in [3.63, 3.8) is 0 Å². The molecule has 5 nitrogen and oxygen atoms in total. The van der Waals surface area contributed by atoms with Crippen molar-refractivity contribution in [2.24, 2.45) is 5.73 Å². The predicted octanol–water partition coefficient (Wildman–Crippen LogP) is 2.58. The molecule has 0 aromatic heterocycles. The Kier molecular flexibility index (Phi) is 9.72. The summed E-state index contributed by atoms with van der Waals surface area (Å²) < 4.78 is 0. The van der Waals surface area contributed by atoms with Crippen LogP contribution < -0.4 is 5.73 Å². The smallest absolute Gasteiger partial charge is 0.239 e. The molecule has 1 aromatic rings. The standard InChI is InChI=1S/C19H29N3O2.2ClH/c20-18(14-15-6-8-17(23)9-7-15)19(24)22-11-3-10-21(12-13-22)16-4-1-2-5-16;;/h6-9,16,18,23H,1-5,10-14,20H2;2*1H/t18-;;/m0../s1. The normalized spacial score (nSPS) is 20.0. The van der Waals surface area contributed by atoms with Crippen LogP contribution in [0.15, 0.2) is 24.3 Å². The zero-order valence-corrected chi connectivity index (χ0v) is 16.8. The minimum absolute atomic E-state index is 0. The van der Waals surface area contributed by atoms with E-state index in [1.54, 1.807) is 12.1 Å². The van der Waals surface area contributed by atoms with Crippen LogP contribution in [0.5, 0.6) is 5.75 Å². The third-order valence-corrected chi connectivity index (χ3v) is 5.39. The molecule has 0 radical (unpaired) electrons. The molecule has 0 bridgehead atoms. The van der Waals surface area contributed by atoms with E-state index in [0.717, 1.165) is 44.2 Å². The van der Waals surface area contributed by atoms with Crippen molar-refractivity contribution in [3.05, 3.63) is 29.8 Å². The van der Waals surface area contributed by atoms with Gasteiger partial charge in [-0.1, -0.05) is 25.0 Å². The summed E-state index contributed by atoms with van der Waals surface area (Å²) in [5.41, 5.74) is 7.14. The Morgan fingerprint density at radius 3 is 2.35 bits per heavy atom. The van der Waals surface area contributed by atoms with Crippen LogP contribution in [0.1, 0.15) is 37.7 Å². The second kappa shape index (κ2) is 11.0. The number of carbonyl (C=O) groups is 1. The van der Waals surface area contributed by atoms with Crippen LogP contribution in [0.4, 0.5) is 0 Å². The summed E-state index contributed by atoms with van der Waals surface area (Å²) >= 11 is 0. The SMILES string of the molecule is Cl.Cl.N[C@@H](Cc1ccc(O)cc1)C(=O)N1CCCN(C2CCCC2)CC1. The Morgan fingerprint density at radius 2 is 1.69 bits per heavy atom. The van der Waals surface area contributed by atoms with Crippen LogP contribution in [0.25, 0.3) is 0 Å². The van der Waals surface area contributed by atoms with Crippen LogP contribution in [0.3, 0.4) is 0 Å². The molecule has 1 saturated heterocycles. The summed E-state index contributed by atoms with van der Waals surface area (Å²) in [5, 5.41) is 9.34. The zero-order valence-electron chi connectivity index (χ0n) is 15.2. The number of carbonyl (C=O) groups excluding carboxylic acids is 1. The number of rotatable bonds is 4. The minimum Gasteiger partial charge on any atom is -0.508 e. The summed E-state index contributed by atoms with van der Waals surface area (Å²) in [5.74, 6) is 0.287. The van der Waals surface area contributed by atoms with Gasteiger partial charge in [-0.2, -0.15) is 0 Å². The lowest BCUT2D eigenvalue weighted by Crippen LogP contribution is -2.46. The maximum absolute atomic E-state index is 12.7. The lowest BCUT2D eigenvalue weighted by molar-refractivity contribution is -0.132. The molecule has 0 unspecified atom stereocenters. The fourth-order valence-electron chi connectivity index (χ4n) is 4.00. The number of phenolic OH excluding ortho intramolecular Hbond substituents is 1. The Bertz CT molecular complexity index is 550. The number of benzene rings is 1. The second-order valence-electron chi connectivity index (χ2n) is 7.13. The van der Waals surface area contributed by atoms with Gasteiger partial charge >= 0.3 is 0 Å². The highest BCUT2D eigenvalue weighted by Crippen LogP contribution is 2.24. The van der Waals surface area contributed by atoms with E-state index >= 15 is 0 Å². The van der Waals surface area contributed by atoms with Crippen molar-refractivity contribution in [2.75, 3.05) is 26.2 Å². The molecule has 26 heavy (non-hydrogen) atoms. The minimum atomic E-state index is -0.507. The maximum Gasteiger partial charge on any atom is 0.239 e. The number of phenols is 1. The van der Waals surface area contributed by atoms with Crippen molar-refractivity contribution >= 4 is 30.7 Å². The van der Waals surface area contributed by atoms with Crippen LogP contribution >= 0.6 is 24.8 Å². The molecule has 0 spiro atoms. The third kappa shape index (κ3) is 6.02. The van der Waals surface area contributed by atoms with Crippen LogP contribution in [-0.2, 0) is 11.2 Å². The molecule has 1 aromatic carbocycles. The second-order valence-corrected chi connectivity index (χ2v) is 7.13. The number of halogens is 2. The Balaban J connectivity index is 0.00000169. The molecule has 2 aliphatic rings. The average Bonchev–Trinajstić information content (AvgIpc) is 3.01. The summed E-state index contributed by atoms with van der Waals surface area (Å²) in [6.07, 6.45) is 6.88. The zero-order chi connectivity index (χ0) is 16.9. The van der Waals surface area contributed by atoms with Crippen molar-refractivity contribution in [3.8, 4) is 5.75 Å². The Hall–Kier alpha value is -1.01. The first-order valence-corrected chi connectivity index (χ1v) is 9.20. The lowest BCUT2D eigenvalue weighted by Gasteiger charge is -2.28. The summed E-state index contributed by atoms with van der Waals surface area (Å²) in [4.78, 5) is 17.2. The summed E-state index contributed by atoms with van der Waals surface area (Å²) in [6.45, 7) is 3.67. The quantitative estimate of drug-likeness (QED) is 0.810. The highest BCUT2D eigenvalue weighted by molar-refractivity contribution is 5.85. The number of nitrogens with two attached hydrogens (primary N) is 1. The number of nitrogens with zero attached hydrogens (tertiary/aromatic N) is 2. The average molecular weight is 404 g/mol. The van der Waals surface area contributed by atoms with Crippen molar-refractivity contribution in [2.45, 2.75) is 50.6 Å². The molecule has 1 amide bonds.